The number of hydrogen-bond acceptors (Lipinski definition) is 4. The van der Waals surface area contributed by atoms with Gasteiger partial charge in [-0.15, -0.1) is 0 Å². The Kier molecular flexibility index (Phi) is 10.4. The van der Waals surface area contributed by atoms with Gasteiger partial charge in [0.25, 0.3) is 0 Å². The number of hydrogen-bond donors (Lipinski definition) is 1. The van der Waals surface area contributed by atoms with Gasteiger partial charge < -0.3 is 4.74 Å². The van der Waals surface area contributed by atoms with E-state index < -0.39 is 5.54 Å². The van der Waals surface area contributed by atoms with Crippen molar-refractivity contribution in [1.29, 1.82) is 0 Å². The minimum Gasteiger partial charge on any atom is -0.465 e. The summed E-state index contributed by atoms with van der Waals surface area (Å²) in [6.07, 6.45) is 3.03. The molecular weight excluding hydrogens is 282 g/mol. The summed E-state index contributed by atoms with van der Waals surface area (Å²) < 4.78 is 5.23. The summed E-state index contributed by atoms with van der Waals surface area (Å²) >= 11 is 2.03. The minimum atomic E-state index is -0.557. The number of nitrogens with one attached hydrogen (secondary N) is 1. The average molecular weight is 318 g/mol. The number of thioether (sulfide) groups is 1. The Balaban J connectivity index is 4.22. The molecule has 0 aromatic heterocycles. The molecule has 4 heteroatoms. The lowest BCUT2D eigenvalue weighted by molar-refractivity contribution is -0.151. The molecule has 0 fully saturated rings. The zero-order chi connectivity index (χ0) is 16.5. The van der Waals surface area contributed by atoms with Gasteiger partial charge in [0.1, 0.15) is 5.54 Å². The maximum Gasteiger partial charge on any atom is 0.326 e. The van der Waals surface area contributed by atoms with Crippen LogP contribution in [-0.2, 0) is 9.53 Å². The van der Waals surface area contributed by atoms with Gasteiger partial charge in [-0.25, -0.2) is 0 Å². The van der Waals surface area contributed by atoms with E-state index in [0.717, 1.165) is 25.2 Å². The fourth-order valence-corrected chi connectivity index (χ4v) is 3.33. The second-order valence-corrected chi connectivity index (χ2v) is 8.11. The van der Waals surface area contributed by atoms with Crippen LogP contribution < -0.4 is 5.32 Å². The summed E-state index contributed by atoms with van der Waals surface area (Å²) in [5.41, 5.74) is -0.557. The maximum absolute atomic E-state index is 12.2. The third-order valence-corrected chi connectivity index (χ3v) is 5.32. The summed E-state index contributed by atoms with van der Waals surface area (Å²) in [6, 6.07) is 0.273. The third-order valence-electron chi connectivity index (χ3n) is 3.72. The zero-order valence-corrected chi connectivity index (χ0v) is 15.8. The fourth-order valence-electron chi connectivity index (χ4n) is 2.20. The second-order valence-electron chi connectivity index (χ2n) is 6.63. The van der Waals surface area contributed by atoms with Crippen molar-refractivity contribution in [2.24, 2.45) is 5.92 Å². The highest BCUT2D eigenvalue weighted by molar-refractivity contribution is 7.99. The average Bonchev–Trinajstić information content (AvgIpc) is 2.37. The number of ether oxygens (including phenoxy) is 1. The molecule has 0 aliphatic carbocycles. The molecule has 2 unspecified atom stereocenters. The Morgan fingerprint density at radius 2 is 1.81 bits per heavy atom. The molecule has 0 saturated carbocycles. The lowest BCUT2D eigenvalue weighted by Gasteiger charge is -2.30. The molecule has 0 amide bonds. The summed E-state index contributed by atoms with van der Waals surface area (Å²) in [5, 5.41) is 4.08. The summed E-state index contributed by atoms with van der Waals surface area (Å²) in [4.78, 5) is 12.2. The van der Waals surface area contributed by atoms with E-state index in [9.17, 15) is 4.79 Å². The molecule has 21 heavy (non-hydrogen) atoms. The first-order valence-electron chi connectivity index (χ1n) is 8.29. The van der Waals surface area contributed by atoms with Gasteiger partial charge in [0.05, 0.1) is 6.61 Å². The van der Waals surface area contributed by atoms with Crippen molar-refractivity contribution < 1.29 is 9.53 Å². The molecule has 0 bridgehead atoms. The van der Waals surface area contributed by atoms with Crippen LogP contribution in [0.3, 0.4) is 0 Å². The monoisotopic (exact) mass is 317 g/mol. The van der Waals surface area contributed by atoms with Crippen molar-refractivity contribution in [2.45, 2.75) is 84.6 Å². The second kappa shape index (κ2) is 10.5. The van der Waals surface area contributed by atoms with E-state index in [-0.39, 0.29) is 12.0 Å². The van der Waals surface area contributed by atoms with Crippen LogP contribution in [0.25, 0.3) is 0 Å². The number of carbonyl (C=O) groups is 1. The van der Waals surface area contributed by atoms with Crippen molar-refractivity contribution in [2.75, 3.05) is 12.4 Å². The van der Waals surface area contributed by atoms with Gasteiger partial charge in [0, 0.05) is 11.3 Å². The van der Waals surface area contributed by atoms with E-state index in [0.29, 0.717) is 11.9 Å². The van der Waals surface area contributed by atoms with E-state index >= 15 is 0 Å². The Bertz CT molecular complexity index is 295. The van der Waals surface area contributed by atoms with Crippen LogP contribution in [0.4, 0.5) is 0 Å². The molecular formula is C17H35NO2S. The standard InChI is InChI=1S/C17H35NO2S/c1-8-20-16(19)17(7,18-14(4)5)11-9-10-12-21-15(6)13(2)3/h13-15,18H,8-12H2,1-7H3. The molecule has 0 aliphatic rings. The number of carbonyl (C=O) groups excluding carboxylic acids is 1. The Morgan fingerprint density at radius 1 is 1.19 bits per heavy atom. The highest BCUT2D eigenvalue weighted by Crippen LogP contribution is 2.22. The predicted octanol–water partition coefficient (Wildman–Crippen LogP) is 4.25. The van der Waals surface area contributed by atoms with Gasteiger partial charge in [-0.1, -0.05) is 27.2 Å². The summed E-state index contributed by atoms with van der Waals surface area (Å²) in [5.74, 6) is 1.77. The van der Waals surface area contributed by atoms with Gasteiger partial charge >= 0.3 is 5.97 Å². The van der Waals surface area contributed by atoms with Crippen molar-refractivity contribution in [1.82, 2.24) is 5.32 Å². The van der Waals surface area contributed by atoms with Gasteiger partial charge in [0.2, 0.25) is 0 Å². The van der Waals surface area contributed by atoms with Gasteiger partial charge in [-0.3, -0.25) is 10.1 Å². The molecule has 0 heterocycles. The van der Waals surface area contributed by atoms with Crippen molar-refractivity contribution in [3.8, 4) is 0 Å². The maximum atomic E-state index is 12.2. The Labute approximate surface area is 136 Å². The Morgan fingerprint density at radius 3 is 2.29 bits per heavy atom. The molecule has 0 saturated heterocycles. The third kappa shape index (κ3) is 8.72. The van der Waals surface area contributed by atoms with E-state index in [1.54, 1.807) is 0 Å². The number of esters is 1. The van der Waals surface area contributed by atoms with E-state index in [1.807, 2.05) is 25.6 Å². The normalized spacial score (nSPS) is 16.0. The van der Waals surface area contributed by atoms with Crippen LogP contribution in [0.5, 0.6) is 0 Å². The lowest BCUT2D eigenvalue weighted by Crippen LogP contribution is -2.53. The molecule has 0 aromatic carbocycles. The van der Waals surface area contributed by atoms with Crippen LogP contribution >= 0.6 is 11.8 Å². The lowest BCUT2D eigenvalue weighted by atomic mass is 9.94. The Hall–Kier alpha value is -0.220. The van der Waals surface area contributed by atoms with Crippen LogP contribution in [-0.4, -0.2) is 35.2 Å². The van der Waals surface area contributed by atoms with Crippen LogP contribution in [0, 0.1) is 5.92 Å². The van der Waals surface area contributed by atoms with Gasteiger partial charge in [-0.05, 0) is 52.2 Å². The summed E-state index contributed by atoms with van der Waals surface area (Å²) in [6.45, 7) is 15.2. The molecule has 0 spiro atoms. The van der Waals surface area contributed by atoms with E-state index in [1.165, 1.54) is 5.75 Å². The number of rotatable bonds is 11. The minimum absolute atomic E-state index is 0.123. The van der Waals surface area contributed by atoms with Crippen LogP contribution in [0.15, 0.2) is 0 Å². The molecule has 0 aliphatic heterocycles. The van der Waals surface area contributed by atoms with Gasteiger partial charge in [-0.2, -0.15) is 11.8 Å². The van der Waals surface area contributed by atoms with Crippen molar-refractivity contribution >= 4 is 17.7 Å². The summed E-state index contributed by atoms with van der Waals surface area (Å²) in [7, 11) is 0. The topological polar surface area (TPSA) is 38.3 Å². The fraction of sp³-hybridized carbons (Fsp3) is 0.941. The largest absolute Gasteiger partial charge is 0.465 e. The van der Waals surface area contributed by atoms with Gasteiger partial charge in [0.15, 0.2) is 0 Å². The zero-order valence-electron chi connectivity index (χ0n) is 15.0. The molecule has 1 N–H and O–H groups in total. The first kappa shape index (κ1) is 20.8. The molecule has 2 atom stereocenters. The first-order valence-corrected chi connectivity index (χ1v) is 9.34. The molecule has 126 valence electrons. The molecule has 0 radical (unpaired) electrons. The quantitative estimate of drug-likeness (QED) is 0.456. The van der Waals surface area contributed by atoms with Crippen molar-refractivity contribution in [3.63, 3.8) is 0 Å². The number of unbranched alkanes of at least 4 members (excludes halogenated alkanes) is 1. The highest BCUT2D eigenvalue weighted by Gasteiger charge is 2.34. The van der Waals surface area contributed by atoms with Crippen LogP contribution in [0.2, 0.25) is 0 Å². The van der Waals surface area contributed by atoms with Crippen molar-refractivity contribution in [3.05, 3.63) is 0 Å². The SMILES string of the molecule is CCOC(=O)C(C)(CCCCSC(C)C(C)C)NC(C)C. The smallest absolute Gasteiger partial charge is 0.326 e. The first-order chi connectivity index (χ1) is 9.73. The molecule has 0 aromatic rings. The molecule has 0 rings (SSSR count). The van der Waals surface area contributed by atoms with Crippen LogP contribution in [0.1, 0.15) is 67.7 Å². The molecule has 3 nitrogen and oxygen atoms in total. The predicted molar refractivity (Wildman–Crippen MR) is 93.9 cm³/mol. The van der Waals surface area contributed by atoms with E-state index in [2.05, 4.69) is 39.9 Å². The van der Waals surface area contributed by atoms with E-state index in [4.69, 9.17) is 4.74 Å². The highest BCUT2D eigenvalue weighted by atomic mass is 32.2.